The van der Waals surface area contributed by atoms with Crippen LogP contribution in [0.2, 0.25) is 10.0 Å². The third kappa shape index (κ3) is 1.89. The summed E-state index contributed by atoms with van der Waals surface area (Å²) in [5, 5.41) is 1.32. The van der Waals surface area contributed by atoms with E-state index >= 15 is 0 Å². The fourth-order valence-electron chi connectivity index (χ4n) is 1.58. The van der Waals surface area contributed by atoms with Crippen molar-refractivity contribution in [2.24, 2.45) is 0 Å². The summed E-state index contributed by atoms with van der Waals surface area (Å²) in [5.74, 6) is 0. The van der Waals surface area contributed by atoms with E-state index in [0.717, 1.165) is 18.7 Å². The predicted molar refractivity (Wildman–Crippen MR) is 57.8 cm³/mol. The first-order valence-electron chi connectivity index (χ1n) is 4.45. The van der Waals surface area contributed by atoms with Gasteiger partial charge in [-0.3, -0.25) is 4.90 Å². The highest BCUT2D eigenvalue weighted by Gasteiger charge is 2.25. The summed E-state index contributed by atoms with van der Waals surface area (Å²) in [6.07, 6.45) is -0.0280. The van der Waals surface area contributed by atoms with Crippen molar-refractivity contribution < 1.29 is 4.74 Å². The van der Waals surface area contributed by atoms with Crippen molar-refractivity contribution in [2.45, 2.75) is 6.23 Å². The third-order valence-corrected chi connectivity index (χ3v) is 2.91. The molecule has 0 N–H and O–H groups in total. The molecule has 0 radical (unpaired) electrons. The van der Waals surface area contributed by atoms with E-state index in [2.05, 4.69) is 4.90 Å². The average Bonchev–Trinajstić information content (AvgIpc) is 2.52. The van der Waals surface area contributed by atoms with Crippen LogP contribution in [-0.2, 0) is 4.74 Å². The van der Waals surface area contributed by atoms with E-state index in [-0.39, 0.29) is 6.23 Å². The Morgan fingerprint density at radius 3 is 2.79 bits per heavy atom. The standard InChI is InChI=1S/C10H11Cl2NO/c1-13-4-5-14-10(13)8-3-2-7(11)6-9(8)12/h2-3,6,10H,4-5H2,1H3. The summed E-state index contributed by atoms with van der Waals surface area (Å²) >= 11 is 11.9. The van der Waals surface area contributed by atoms with Gasteiger partial charge in [-0.05, 0) is 19.2 Å². The summed E-state index contributed by atoms with van der Waals surface area (Å²) in [5.41, 5.74) is 0.982. The van der Waals surface area contributed by atoms with Crippen LogP contribution in [0.25, 0.3) is 0 Å². The minimum atomic E-state index is -0.0280. The molecule has 1 aromatic carbocycles. The first kappa shape index (κ1) is 10.2. The molecule has 76 valence electrons. The van der Waals surface area contributed by atoms with Gasteiger partial charge in [0, 0.05) is 22.2 Å². The Labute approximate surface area is 93.4 Å². The summed E-state index contributed by atoms with van der Waals surface area (Å²) in [7, 11) is 2.02. The lowest BCUT2D eigenvalue weighted by molar-refractivity contribution is 0.0454. The van der Waals surface area contributed by atoms with Crippen LogP contribution < -0.4 is 0 Å². The number of likely N-dealkylation sites (N-methyl/N-ethyl adjacent to an activating group) is 1. The van der Waals surface area contributed by atoms with E-state index in [1.54, 1.807) is 6.07 Å². The maximum absolute atomic E-state index is 6.08. The van der Waals surface area contributed by atoms with Gasteiger partial charge in [0.15, 0.2) is 0 Å². The van der Waals surface area contributed by atoms with Crippen LogP contribution in [0.15, 0.2) is 18.2 Å². The van der Waals surface area contributed by atoms with Crippen molar-refractivity contribution in [2.75, 3.05) is 20.2 Å². The highest BCUT2D eigenvalue weighted by molar-refractivity contribution is 6.35. The van der Waals surface area contributed by atoms with Crippen LogP contribution in [0.4, 0.5) is 0 Å². The topological polar surface area (TPSA) is 12.5 Å². The van der Waals surface area contributed by atoms with Gasteiger partial charge >= 0.3 is 0 Å². The Morgan fingerprint density at radius 1 is 1.43 bits per heavy atom. The van der Waals surface area contributed by atoms with Gasteiger partial charge < -0.3 is 4.74 Å². The van der Waals surface area contributed by atoms with Gasteiger partial charge in [-0.2, -0.15) is 0 Å². The van der Waals surface area contributed by atoms with E-state index in [9.17, 15) is 0 Å². The maximum atomic E-state index is 6.08. The number of halogens is 2. The van der Waals surface area contributed by atoms with Crippen molar-refractivity contribution >= 4 is 23.2 Å². The van der Waals surface area contributed by atoms with Gasteiger partial charge in [-0.25, -0.2) is 0 Å². The Bertz CT molecular complexity index is 343. The Kier molecular flexibility index (Phi) is 2.98. The Morgan fingerprint density at radius 2 is 2.21 bits per heavy atom. The zero-order chi connectivity index (χ0) is 10.1. The second-order valence-corrected chi connectivity index (χ2v) is 4.21. The number of rotatable bonds is 1. The van der Waals surface area contributed by atoms with Crippen LogP contribution in [0.5, 0.6) is 0 Å². The van der Waals surface area contributed by atoms with E-state index in [0.29, 0.717) is 10.0 Å². The smallest absolute Gasteiger partial charge is 0.138 e. The largest absolute Gasteiger partial charge is 0.357 e. The number of hydrogen-bond acceptors (Lipinski definition) is 2. The second kappa shape index (κ2) is 4.07. The van der Waals surface area contributed by atoms with Crippen LogP contribution in [0, 0.1) is 0 Å². The SMILES string of the molecule is CN1CCOC1c1ccc(Cl)cc1Cl. The molecular weight excluding hydrogens is 221 g/mol. The highest BCUT2D eigenvalue weighted by atomic mass is 35.5. The maximum Gasteiger partial charge on any atom is 0.138 e. The van der Waals surface area contributed by atoms with E-state index in [1.807, 2.05) is 19.2 Å². The lowest BCUT2D eigenvalue weighted by atomic mass is 10.2. The molecule has 2 rings (SSSR count). The molecule has 1 fully saturated rings. The Hall–Kier alpha value is -0.280. The zero-order valence-corrected chi connectivity index (χ0v) is 9.35. The molecule has 0 saturated carbocycles. The van der Waals surface area contributed by atoms with Crippen LogP contribution in [-0.4, -0.2) is 25.1 Å². The first-order chi connectivity index (χ1) is 6.68. The molecule has 4 heteroatoms. The van der Waals surface area contributed by atoms with Gasteiger partial charge in [0.1, 0.15) is 6.23 Å². The molecule has 1 aromatic rings. The molecule has 1 saturated heterocycles. The fourth-order valence-corrected chi connectivity index (χ4v) is 2.08. The van der Waals surface area contributed by atoms with E-state index in [4.69, 9.17) is 27.9 Å². The summed E-state index contributed by atoms with van der Waals surface area (Å²) in [6, 6.07) is 5.49. The molecular formula is C10H11Cl2NO. The van der Waals surface area contributed by atoms with Crippen LogP contribution in [0.3, 0.4) is 0 Å². The quantitative estimate of drug-likeness (QED) is 0.738. The molecule has 1 atom stereocenters. The summed E-state index contributed by atoms with van der Waals surface area (Å²) < 4.78 is 5.57. The zero-order valence-electron chi connectivity index (χ0n) is 7.84. The van der Waals surface area contributed by atoms with Gasteiger partial charge in [-0.1, -0.05) is 29.3 Å². The first-order valence-corrected chi connectivity index (χ1v) is 5.21. The van der Waals surface area contributed by atoms with Crippen molar-refractivity contribution in [3.63, 3.8) is 0 Å². The number of nitrogens with zero attached hydrogens (tertiary/aromatic N) is 1. The fraction of sp³-hybridized carbons (Fsp3) is 0.400. The van der Waals surface area contributed by atoms with Crippen molar-refractivity contribution in [1.29, 1.82) is 0 Å². The molecule has 0 bridgehead atoms. The molecule has 0 spiro atoms. The minimum absolute atomic E-state index is 0.0280. The second-order valence-electron chi connectivity index (χ2n) is 3.37. The summed E-state index contributed by atoms with van der Waals surface area (Å²) in [6.45, 7) is 1.68. The normalized spacial score (nSPS) is 22.9. The predicted octanol–water partition coefficient (Wildman–Crippen LogP) is 2.95. The number of ether oxygens (including phenoxy) is 1. The molecule has 0 amide bonds. The van der Waals surface area contributed by atoms with E-state index in [1.165, 1.54) is 0 Å². The molecule has 0 aromatic heterocycles. The third-order valence-electron chi connectivity index (χ3n) is 2.35. The molecule has 14 heavy (non-hydrogen) atoms. The van der Waals surface area contributed by atoms with Gasteiger partial charge in [0.25, 0.3) is 0 Å². The van der Waals surface area contributed by atoms with Gasteiger partial charge in [-0.15, -0.1) is 0 Å². The van der Waals surface area contributed by atoms with Crippen LogP contribution >= 0.6 is 23.2 Å². The number of hydrogen-bond donors (Lipinski definition) is 0. The molecule has 2 nitrogen and oxygen atoms in total. The molecule has 1 aliphatic heterocycles. The summed E-state index contributed by atoms with van der Waals surface area (Å²) in [4.78, 5) is 2.12. The lowest BCUT2D eigenvalue weighted by Gasteiger charge is -2.19. The van der Waals surface area contributed by atoms with Gasteiger partial charge in [0.05, 0.1) is 6.61 Å². The lowest BCUT2D eigenvalue weighted by Crippen LogP contribution is -2.18. The van der Waals surface area contributed by atoms with Crippen LogP contribution in [0.1, 0.15) is 11.8 Å². The minimum Gasteiger partial charge on any atom is -0.357 e. The Balaban J connectivity index is 2.31. The van der Waals surface area contributed by atoms with Crippen molar-refractivity contribution in [3.05, 3.63) is 33.8 Å². The number of benzene rings is 1. The molecule has 0 aliphatic carbocycles. The molecule has 1 unspecified atom stereocenters. The molecule has 1 aliphatic rings. The van der Waals surface area contributed by atoms with Gasteiger partial charge in [0.2, 0.25) is 0 Å². The molecule has 1 heterocycles. The highest BCUT2D eigenvalue weighted by Crippen LogP contribution is 2.32. The van der Waals surface area contributed by atoms with Crippen molar-refractivity contribution in [3.8, 4) is 0 Å². The van der Waals surface area contributed by atoms with Crippen molar-refractivity contribution in [1.82, 2.24) is 4.90 Å². The monoisotopic (exact) mass is 231 g/mol. The van der Waals surface area contributed by atoms with E-state index < -0.39 is 0 Å². The average molecular weight is 232 g/mol.